The molecule has 0 bridgehead atoms. The quantitative estimate of drug-likeness (QED) is 0.548. The molecule has 0 spiro atoms. The highest BCUT2D eigenvalue weighted by atomic mass is 16.5. The lowest BCUT2D eigenvalue weighted by Crippen LogP contribution is -2.28. The number of imidazole rings is 1. The Kier molecular flexibility index (Phi) is 6.49. The molecule has 3 rings (SSSR count). The van der Waals surface area contributed by atoms with E-state index in [0.29, 0.717) is 37.3 Å². The third kappa shape index (κ3) is 5.34. The standard InChI is InChI=1S/C22H25N3O4/c1-16-6-11-20-23-18(14-25(20)13-16)15-29-19-9-7-17(8-10-19)22(27)24(2)12-4-5-21(26)28-3/h6-11,13-14H,4-5,12,15H2,1-3H3. The van der Waals surface area contributed by atoms with E-state index in [1.165, 1.54) is 7.11 Å². The van der Waals surface area contributed by atoms with E-state index in [-0.39, 0.29) is 11.9 Å². The van der Waals surface area contributed by atoms with E-state index in [0.717, 1.165) is 16.9 Å². The van der Waals surface area contributed by atoms with Gasteiger partial charge in [0, 0.05) is 38.0 Å². The molecule has 0 fully saturated rings. The van der Waals surface area contributed by atoms with Gasteiger partial charge < -0.3 is 18.8 Å². The molecule has 0 radical (unpaired) electrons. The Morgan fingerprint density at radius 1 is 1.10 bits per heavy atom. The first-order valence-corrected chi connectivity index (χ1v) is 9.45. The van der Waals surface area contributed by atoms with E-state index < -0.39 is 0 Å². The Balaban J connectivity index is 1.53. The molecule has 1 amide bonds. The van der Waals surface area contributed by atoms with Crippen molar-refractivity contribution in [3.63, 3.8) is 0 Å². The second-order valence-electron chi connectivity index (χ2n) is 6.92. The Morgan fingerprint density at radius 2 is 1.86 bits per heavy atom. The van der Waals surface area contributed by atoms with Crippen LogP contribution in [0.3, 0.4) is 0 Å². The topological polar surface area (TPSA) is 73.1 Å². The summed E-state index contributed by atoms with van der Waals surface area (Å²) in [4.78, 5) is 29.7. The number of amides is 1. The van der Waals surface area contributed by atoms with Gasteiger partial charge in [0.2, 0.25) is 0 Å². The number of carbonyl (C=O) groups is 2. The maximum Gasteiger partial charge on any atom is 0.305 e. The monoisotopic (exact) mass is 395 g/mol. The van der Waals surface area contributed by atoms with Crippen LogP contribution >= 0.6 is 0 Å². The van der Waals surface area contributed by atoms with E-state index in [4.69, 9.17) is 4.74 Å². The Bertz CT molecular complexity index is 995. The van der Waals surface area contributed by atoms with Gasteiger partial charge in [-0.2, -0.15) is 0 Å². The van der Waals surface area contributed by atoms with Gasteiger partial charge in [0.15, 0.2) is 0 Å². The third-order valence-corrected chi connectivity index (χ3v) is 4.59. The summed E-state index contributed by atoms with van der Waals surface area (Å²) >= 11 is 0. The number of methoxy groups -OCH3 is 1. The molecule has 3 aromatic rings. The van der Waals surface area contributed by atoms with E-state index in [1.807, 2.05) is 35.9 Å². The summed E-state index contributed by atoms with van der Waals surface area (Å²) in [6.45, 7) is 2.87. The zero-order valence-electron chi connectivity index (χ0n) is 16.9. The molecule has 7 heteroatoms. The number of pyridine rings is 1. The van der Waals surface area contributed by atoms with Crippen molar-refractivity contribution in [3.05, 3.63) is 65.6 Å². The number of benzene rings is 1. The molecule has 0 saturated carbocycles. The maximum atomic E-state index is 12.5. The molecule has 29 heavy (non-hydrogen) atoms. The van der Waals surface area contributed by atoms with Crippen molar-refractivity contribution in [3.8, 4) is 5.75 Å². The Morgan fingerprint density at radius 3 is 2.59 bits per heavy atom. The average molecular weight is 395 g/mol. The molecule has 0 aliphatic carbocycles. The molecule has 0 unspecified atom stereocenters. The summed E-state index contributed by atoms with van der Waals surface area (Å²) in [7, 11) is 3.08. The third-order valence-electron chi connectivity index (χ3n) is 4.59. The average Bonchev–Trinajstić information content (AvgIpc) is 3.13. The number of carbonyl (C=O) groups excluding carboxylic acids is 2. The Labute approximate surface area is 169 Å². The number of fused-ring (bicyclic) bond motifs is 1. The molecule has 0 atom stereocenters. The molecule has 2 heterocycles. The predicted molar refractivity (Wildman–Crippen MR) is 109 cm³/mol. The highest BCUT2D eigenvalue weighted by Crippen LogP contribution is 2.16. The summed E-state index contributed by atoms with van der Waals surface area (Å²) in [5, 5.41) is 0. The van der Waals surface area contributed by atoms with Crippen LogP contribution in [0.4, 0.5) is 0 Å². The minimum atomic E-state index is -0.270. The first-order chi connectivity index (χ1) is 14.0. The van der Waals surface area contributed by atoms with E-state index in [2.05, 4.69) is 9.72 Å². The van der Waals surface area contributed by atoms with Gasteiger partial charge in [0.25, 0.3) is 5.91 Å². The fourth-order valence-corrected chi connectivity index (χ4v) is 2.96. The van der Waals surface area contributed by atoms with Gasteiger partial charge in [-0.1, -0.05) is 6.07 Å². The van der Waals surface area contributed by atoms with Gasteiger partial charge in [-0.3, -0.25) is 9.59 Å². The highest BCUT2D eigenvalue weighted by Gasteiger charge is 2.12. The number of rotatable bonds is 8. The van der Waals surface area contributed by atoms with E-state index in [1.54, 1.807) is 36.2 Å². The molecule has 152 valence electrons. The second kappa shape index (κ2) is 9.23. The summed E-state index contributed by atoms with van der Waals surface area (Å²) in [5.74, 6) is 0.299. The van der Waals surface area contributed by atoms with E-state index in [9.17, 15) is 9.59 Å². The largest absolute Gasteiger partial charge is 0.487 e. The molecular formula is C22H25N3O4. The summed E-state index contributed by atoms with van der Waals surface area (Å²) in [6.07, 6.45) is 4.83. The molecule has 1 aromatic carbocycles. The van der Waals surface area contributed by atoms with Crippen molar-refractivity contribution >= 4 is 17.5 Å². The number of esters is 1. The van der Waals surface area contributed by atoms with Gasteiger partial charge in [0.1, 0.15) is 18.0 Å². The molecule has 0 aliphatic heterocycles. The number of nitrogens with zero attached hydrogens (tertiary/aromatic N) is 3. The maximum absolute atomic E-state index is 12.5. The molecule has 2 aromatic heterocycles. The first kappa shape index (κ1) is 20.4. The van der Waals surface area contributed by atoms with Crippen LogP contribution in [0, 0.1) is 6.92 Å². The zero-order valence-corrected chi connectivity index (χ0v) is 16.9. The zero-order chi connectivity index (χ0) is 20.8. The molecule has 7 nitrogen and oxygen atoms in total. The van der Waals surface area contributed by atoms with E-state index >= 15 is 0 Å². The van der Waals surface area contributed by atoms with Gasteiger partial charge in [-0.25, -0.2) is 4.98 Å². The lowest BCUT2D eigenvalue weighted by Gasteiger charge is -2.17. The van der Waals surface area contributed by atoms with Gasteiger partial charge >= 0.3 is 5.97 Å². The minimum absolute atomic E-state index is 0.0999. The van der Waals surface area contributed by atoms with Gasteiger partial charge in [0.05, 0.1) is 12.8 Å². The second-order valence-corrected chi connectivity index (χ2v) is 6.92. The van der Waals surface area contributed by atoms with Crippen molar-refractivity contribution in [2.45, 2.75) is 26.4 Å². The van der Waals surface area contributed by atoms with Crippen molar-refractivity contribution < 1.29 is 19.1 Å². The van der Waals surface area contributed by atoms with Crippen molar-refractivity contribution in [1.82, 2.24) is 14.3 Å². The summed E-state index contributed by atoms with van der Waals surface area (Å²) in [5.41, 5.74) is 3.45. The van der Waals surface area contributed by atoms with Gasteiger partial charge in [-0.05, 0) is 49.2 Å². The lowest BCUT2D eigenvalue weighted by molar-refractivity contribution is -0.140. The smallest absolute Gasteiger partial charge is 0.305 e. The van der Waals surface area contributed by atoms with Crippen LogP contribution in [0.1, 0.15) is 34.5 Å². The minimum Gasteiger partial charge on any atom is -0.487 e. The molecule has 0 aliphatic rings. The number of hydrogen-bond acceptors (Lipinski definition) is 5. The van der Waals surface area contributed by atoms with Crippen LogP contribution in [-0.4, -0.2) is 46.9 Å². The van der Waals surface area contributed by atoms with Crippen LogP contribution in [0.2, 0.25) is 0 Å². The van der Waals surface area contributed by atoms with Crippen LogP contribution in [0.25, 0.3) is 5.65 Å². The number of aryl methyl sites for hydroxylation is 1. The lowest BCUT2D eigenvalue weighted by atomic mass is 10.2. The molecule has 0 saturated heterocycles. The van der Waals surface area contributed by atoms with Crippen molar-refractivity contribution in [2.75, 3.05) is 20.7 Å². The number of ether oxygens (including phenoxy) is 2. The van der Waals surface area contributed by atoms with Crippen LogP contribution in [0.5, 0.6) is 5.75 Å². The van der Waals surface area contributed by atoms with Gasteiger partial charge in [-0.15, -0.1) is 0 Å². The highest BCUT2D eigenvalue weighted by molar-refractivity contribution is 5.94. The Hall–Kier alpha value is -3.35. The normalized spacial score (nSPS) is 10.7. The fourth-order valence-electron chi connectivity index (χ4n) is 2.96. The number of aromatic nitrogens is 2. The molecule has 0 N–H and O–H groups in total. The summed E-state index contributed by atoms with van der Waals surface area (Å²) < 4.78 is 12.4. The number of hydrogen-bond donors (Lipinski definition) is 0. The predicted octanol–water partition coefficient (Wildman–Crippen LogP) is 3.25. The van der Waals surface area contributed by atoms with Crippen LogP contribution in [-0.2, 0) is 16.1 Å². The van der Waals surface area contributed by atoms with Crippen LogP contribution < -0.4 is 4.74 Å². The SMILES string of the molecule is COC(=O)CCCN(C)C(=O)c1ccc(OCc2cn3cc(C)ccc3n2)cc1. The fraction of sp³-hybridized carbons (Fsp3) is 0.318. The van der Waals surface area contributed by atoms with Crippen LogP contribution in [0.15, 0.2) is 48.8 Å². The van der Waals surface area contributed by atoms with Crippen molar-refractivity contribution in [2.24, 2.45) is 0 Å². The molecular weight excluding hydrogens is 370 g/mol. The van der Waals surface area contributed by atoms with Crippen molar-refractivity contribution in [1.29, 1.82) is 0 Å². The first-order valence-electron chi connectivity index (χ1n) is 9.45. The summed E-state index contributed by atoms with van der Waals surface area (Å²) in [6, 6.07) is 11.0.